The molecule has 4 rings (SSSR count). The van der Waals surface area contributed by atoms with E-state index in [4.69, 9.17) is 0 Å². The Balaban J connectivity index is 0. The van der Waals surface area contributed by atoms with E-state index < -0.39 is 0 Å². The Morgan fingerprint density at radius 3 is 0.580 bits per heavy atom. The molecule has 6 heteroatoms. The monoisotopic (exact) mass is 724 g/mol. The summed E-state index contributed by atoms with van der Waals surface area (Å²) < 4.78 is 0. The van der Waals surface area contributed by atoms with E-state index in [0.29, 0.717) is 23.0 Å². The van der Waals surface area contributed by atoms with Crippen LogP contribution in [0.15, 0.2) is 97.1 Å². The van der Waals surface area contributed by atoms with Crippen molar-refractivity contribution in [2.24, 2.45) is 0 Å². The lowest BCUT2D eigenvalue weighted by molar-refractivity contribution is 0.428. The molecule has 0 heterocycles. The highest BCUT2D eigenvalue weighted by Crippen LogP contribution is 2.35. The molecule has 0 radical (unpaired) electrons. The first-order valence-electron chi connectivity index (χ1n) is 17.4. The van der Waals surface area contributed by atoms with Crippen LogP contribution in [0, 0.1) is 0 Å². The van der Waals surface area contributed by atoms with Gasteiger partial charge in [-0.2, -0.15) is 27.0 Å². The zero-order valence-electron chi connectivity index (χ0n) is 32.9. The lowest BCUT2D eigenvalue weighted by Gasteiger charge is -2.23. The molecule has 4 N–H and O–H groups in total. The van der Waals surface area contributed by atoms with Crippen molar-refractivity contribution in [3.05, 3.63) is 119 Å². The molecule has 0 amide bonds. The summed E-state index contributed by atoms with van der Waals surface area (Å²) in [6.45, 7) is 25.7. The zero-order valence-corrected chi connectivity index (χ0v) is 34.9. The highest BCUT2D eigenvalue weighted by atomic mass is 32.1. The molecule has 0 fully saturated rings. The van der Waals surface area contributed by atoms with E-state index in [1.807, 2.05) is 72.8 Å². The van der Waals surface area contributed by atoms with Crippen molar-refractivity contribution in [2.75, 3.05) is 0 Å². The first-order valence-corrected chi connectivity index (χ1v) is 17.4. The average molecular weight is 725 g/mol. The fraction of sp³-hybridized carbons (Fsp3) is 0.455. The molecule has 0 aliphatic carbocycles. The maximum Gasteiger partial charge on any atom is 0.119 e. The summed E-state index contributed by atoms with van der Waals surface area (Å²) >= 11 is 0. The Bertz CT molecular complexity index is 1300. The van der Waals surface area contributed by atoms with Crippen LogP contribution in [-0.2, 0) is 21.7 Å². The van der Waals surface area contributed by atoms with Crippen molar-refractivity contribution in [2.45, 2.75) is 130 Å². The minimum absolute atomic E-state index is 0. The van der Waals surface area contributed by atoms with Crippen molar-refractivity contribution < 1.29 is 20.4 Å². The van der Waals surface area contributed by atoms with Gasteiger partial charge >= 0.3 is 0 Å². The molecule has 4 nitrogen and oxygen atoms in total. The summed E-state index contributed by atoms with van der Waals surface area (Å²) in [6, 6.07) is 30.2. The molecule has 280 valence electrons. The molecule has 0 unspecified atom stereocenters. The van der Waals surface area contributed by atoms with Crippen LogP contribution in [0.25, 0.3) is 0 Å². The molecule has 50 heavy (non-hydrogen) atoms. The van der Waals surface area contributed by atoms with E-state index >= 15 is 0 Å². The van der Waals surface area contributed by atoms with Gasteiger partial charge in [0.1, 0.15) is 23.0 Å². The lowest BCUT2D eigenvalue weighted by atomic mass is 9.82. The van der Waals surface area contributed by atoms with E-state index in [2.05, 4.69) is 83.1 Å². The predicted octanol–water partition coefficient (Wildman–Crippen LogP) is 12.5. The Labute approximate surface area is 318 Å². The summed E-state index contributed by atoms with van der Waals surface area (Å²) in [5.74, 6) is 1.63. The van der Waals surface area contributed by atoms with Crippen LogP contribution >= 0.6 is 27.0 Å². The second-order valence-electron chi connectivity index (χ2n) is 15.0. The molecule has 0 aliphatic rings. The molecule has 0 saturated carbocycles. The van der Waals surface area contributed by atoms with Gasteiger partial charge < -0.3 is 20.4 Å². The fourth-order valence-corrected chi connectivity index (χ4v) is 4.95. The number of aromatic hydroxyl groups is 4. The number of hydrogen-bond donors (Lipinski definition) is 4. The van der Waals surface area contributed by atoms with Gasteiger partial charge in [0, 0.05) is 0 Å². The van der Waals surface area contributed by atoms with Crippen LogP contribution in [0.3, 0.4) is 0 Å². The molecule has 0 saturated heterocycles. The Kier molecular flexibility index (Phi) is 21.4. The molecule has 0 atom stereocenters. The van der Waals surface area contributed by atoms with Crippen molar-refractivity contribution >= 4 is 27.0 Å². The summed E-state index contributed by atoms with van der Waals surface area (Å²) in [6.07, 6.45) is 4.13. The fourth-order valence-electron chi connectivity index (χ4n) is 4.95. The molecular weight excluding hydrogens is 657 g/mol. The third-order valence-electron chi connectivity index (χ3n) is 10.1. The van der Waals surface area contributed by atoms with Crippen molar-refractivity contribution in [1.82, 2.24) is 0 Å². The Morgan fingerprint density at radius 2 is 0.460 bits per heavy atom. The largest absolute Gasteiger partial charge is 0.508 e. The van der Waals surface area contributed by atoms with E-state index in [0.717, 1.165) is 47.9 Å². The van der Waals surface area contributed by atoms with E-state index in [9.17, 15) is 20.4 Å². The molecule has 0 bridgehead atoms. The van der Waals surface area contributed by atoms with Gasteiger partial charge in [-0.25, -0.2) is 0 Å². The van der Waals surface area contributed by atoms with Crippen LogP contribution in [0.5, 0.6) is 23.0 Å². The predicted molar refractivity (Wildman–Crippen MR) is 226 cm³/mol. The van der Waals surface area contributed by atoms with Gasteiger partial charge in [-0.15, -0.1) is 0 Å². The van der Waals surface area contributed by atoms with Crippen molar-refractivity contribution in [1.29, 1.82) is 0 Å². The van der Waals surface area contributed by atoms with Crippen LogP contribution < -0.4 is 0 Å². The molecule has 0 aromatic heterocycles. The summed E-state index contributed by atoms with van der Waals surface area (Å²) in [5, 5.41) is 38.3. The zero-order chi connectivity index (χ0) is 36.8. The van der Waals surface area contributed by atoms with Crippen molar-refractivity contribution in [3.63, 3.8) is 0 Å². The number of para-hydroxylation sites is 4. The number of benzene rings is 4. The van der Waals surface area contributed by atoms with Gasteiger partial charge in [0.15, 0.2) is 0 Å². The Hall–Kier alpha value is -3.22. The van der Waals surface area contributed by atoms with Gasteiger partial charge in [-0.05, 0) is 93.9 Å². The molecular formula is C44H68O4S2. The minimum atomic E-state index is 0. The molecule has 0 spiro atoms. The summed E-state index contributed by atoms with van der Waals surface area (Å²) in [5.41, 5.74) is 4.44. The maximum absolute atomic E-state index is 9.58. The SMILES string of the molecule is CCC(C)(C)c1ccccc1O.CCC(C)(C)c1ccccc1O.CCC(C)(C)c1ccccc1O.CCC(C)(C)c1ccccc1O.S.S. The van der Waals surface area contributed by atoms with Gasteiger partial charge in [0.05, 0.1) is 0 Å². The summed E-state index contributed by atoms with van der Waals surface area (Å²) in [7, 11) is 0. The first-order chi connectivity index (χ1) is 22.3. The first kappa shape index (κ1) is 48.9. The average Bonchev–Trinajstić information content (AvgIpc) is 3.06. The third kappa shape index (κ3) is 14.6. The molecule has 4 aromatic rings. The molecule has 4 aromatic carbocycles. The minimum Gasteiger partial charge on any atom is -0.508 e. The second-order valence-corrected chi connectivity index (χ2v) is 15.0. The number of hydrogen-bond acceptors (Lipinski definition) is 4. The summed E-state index contributed by atoms with van der Waals surface area (Å²) in [4.78, 5) is 0. The van der Waals surface area contributed by atoms with Crippen molar-refractivity contribution in [3.8, 4) is 23.0 Å². The third-order valence-corrected chi connectivity index (χ3v) is 10.1. The highest BCUT2D eigenvalue weighted by Gasteiger charge is 2.23. The van der Waals surface area contributed by atoms with E-state index in [1.54, 1.807) is 24.3 Å². The van der Waals surface area contributed by atoms with Gasteiger partial charge in [-0.3, -0.25) is 0 Å². The van der Waals surface area contributed by atoms with Crippen LogP contribution in [0.4, 0.5) is 0 Å². The van der Waals surface area contributed by atoms with Crippen LogP contribution in [0.2, 0.25) is 0 Å². The van der Waals surface area contributed by atoms with E-state index in [-0.39, 0.29) is 48.7 Å². The molecule has 0 aliphatic heterocycles. The number of phenolic OH excluding ortho intramolecular Hbond substituents is 4. The second kappa shape index (κ2) is 21.9. The topological polar surface area (TPSA) is 80.9 Å². The van der Waals surface area contributed by atoms with Gasteiger partial charge in [0.25, 0.3) is 0 Å². The number of phenols is 4. The smallest absolute Gasteiger partial charge is 0.119 e. The maximum atomic E-state index is 9.58. The lowest BCUT2D eigenvalue weighted by Crippen LogP contribution is -2.15. The normalized spacial score (nSPS) is 11.1. The standard InChI is InChI=1S/4C11H16O.2H2S/c4*1-4-11(2,3)9-7-5-6-8-10(9)12;;/h4*5-8,12H,4H2,1-3H3;2*1H2. The highest BCUT2D eigenvalue weighted by molar-refractivity contribution is 7.59. The quantitative estimate of drug-likeness (QED) is 0.146. The van der Waals surface area contributed by atoms with Crippen LogP contribution in [0.1, 0.15) is 131 Å². The van der Waals surface area contributed by atoms with E-state index in [1.165, 1.54) is 0 Å². The number of rotatable bonds is 8. The van der Waals surface area contributed by atoms with Gasteiger partial charge in [0.2, 0.25) is 0 Å². The Morgan fingerprint density at radius 1 is 0.320 bits per heavy atom. The van der Waals surface area contributed by atoms with Crippen LogP contribution in [-0.4, -0.2) is 20.4 Å². The van der Waals surface area contributed by atoms with Gasteiger partial charge in [-0.1, -0.05) is 156 Å².